The largest absolute Gasteiger partial charge is 0.490 e. The molecular weight excluding hydrogens is 554 g/mol. The number of halogens is 3. The molecule has 215 valence electrons. The number of hydrogen-bond acceptors (Lipinski definition) is 5. The van der Waals surface area contributed by atoms with Crippen molar-refractivity contribution in [2.45, 2.75) is 64.3 Å². The summed E-state index contributed by atoms with van der Waals surface area (Å²) in [6.45, 7) is 8.99. The molecule has 8 heteroatoms. The predicted molar refractivity (Wildman–Crippen MR) is 162 cm³/mol. The lowest BCUT2D eigenvalue weighted by Crippen LogP contribution is -2.60. The second kappa shape index (κ2) is 10.9. The number of piperidine rings is 1. The Morgan fingerprint density at radius 1 is 0.929 bits per heavy atom. The van der Waals surface area contributed by atoms with E-state index in [-0.39, 0.29) is 35.0 Å². The molecule has 3 heterocycles. The normalized spacial score (nSPS) is 17.5. The van der Waals surface area contributed by atoms with Crippen LogP contribution in [-0.2, 0) is 6.54 Å². The predicted octanol–water partition coefficient (Wildman–Crippen LogP) is 7.71. The highest BCUT2D eigenvalue weighted by atomic mass is 35.5. The van der Waals surface area contributed by atoms with Crippen LogP contribution >= 0.6 is 11.6 Å². The molecule has 0 saturated carbocycles. The first-order chi connectivity index (χ1) is 20.0. The molecule has 6 rings (SSSR count). The molecule has 1 fully saturated rings. The van der Waals surface area contributed by atoms with Crippen LogP contribution in [0.15, 0.2) is 71.9 Å². The average Bonchev–Trinajstić information content (AvgIpc) is 3.04. The molecular formula is C34H32ClF2N4O. The van der Waals surface area contributed by atoms with Crippen molar-refractivity contribution in [2.24, 2.45) is 4.99 Å². The lowest BCUT2D eigenvalue weighted by atomic mass is 9.81. The van der Waals surface area contributed by atoms with E-state index in [2.05, 4.69) is 43.0 Å². The molecule has 0 bridgehead atoms. The fourth-order valence-electron chi connectivity index (χ4n) is 6.28. The minimum absolute atomic E-state index is 0.0199. The number of nitrogens with one attached hydrogen (secondary N) is 1. The van der Waals surface area contributed by atoms with Crippen molar-refractivity contribution in [3.8, 4) is 17.0 Å². The molecule has 1 aromatic heterocycles. The topological polar surface area (TPSA) is 59.4 Å². The van der Waals surface area contributed by atoms with Crippen LogP contribution < -0.4 is 10.1 Å². The van der Waals surface area contributed by atoms with E-state index >= 15 is 0 Å². The first-order valence-electron chi connectivity index (χ1n) is 14.0. The summed E-state index contributed by atoms with van der Waals surface area (Å²) in [7, 11) is 0. The molecule has 0 amide bonds. The summed E-state index contributed by atoms with van der Waals surface area (Å²) in [5.41, 5.74) is 3.45. The molecule has 1 saturated heterocycles. The summed E-state index contributed by atoms with van der Waals surface area (Å²) >= 11 is 6.35. The molecule has 0 spiro atoms. The summed E-state index contributed by atoms with van der Waals surface area (Å²) in [4.78, 5) is 14.1. The Bertz CT molecular complexity index is 1660. The molecule has 2 aliphatic heterocycles. The zero-order valence-corrected chi connectivity index (χ0v) is 24.8. The molecule has 0 atom stereocenters. The highest BCUT2D eigenvalue weighted by Gasteiger charge is 2.38. The number of rotatable bonds is 5. The van der Waals surface area contributed by atoms with Gasteiger partial charge in [0, 0.05) is 51.8 Å². The Labute approximate surface area is 250 Å². The lowest BCUT2D eigenvalue weighted by Gasteiger charge is -2.46. The van der Waals surface area contributed by atoms with E-state index in [1.165, 1.54) is 18.2 Å². The number of nitrogens with zero attached hydrogens (tertiary/aromatic N) is 3. The van der Waals surface area contributed by atoms with Gasteiger partial charge in [0.2, 0.25) is 0 Å². The summed E-state index contributed by atoms with van der Waals surface area (Å²) in [5, 5.41) is 4.12. The van der Waals surface area contributed by atoms with Gasteiger partial charge >= 0.3 is 0 Å². The van der Waals surface area contributed by atoms with Crippen molar-refractivity contribution in [1.82, 2.24) is 15.3 Å². The molecule has 0 unspecified atom stereocenters. The van der Waals surface area contributed by atoms with E-state index in [0.717, 1.165) is 29.7 Å². The summed E-state index contributed by atoms with van der Waals surface area (Å²) in [5.74, 6) is -0.0904. The highest BCUT2D eigenvalue weighted by Crippen LogP contribution is 2.35. The van der Waals surface area contributed by atoms with Gasteiger partial charge in [-0.15, -0.1) is 0 Å². The van der Waals surface area contributed by atoms with Crippen LogP contribution in [0.1, 0.15) is 68.6 Å². The maximum absolute atomic E-state index is 14.9. The van der Waals surface area contributed by atoms with Gasteiger partial charge in [-0.05, 0) is 69.7 Å². The first-order valence-corrected chi connectivity index (χ1v) is 14.4. The minimum atomic E-state index is -0.690. The van der Waals surface area contributed by atoms with E-state index in [4.69, 9.17) is 21.3 Å². The van der Waals surface area contributed by atoms with Crippen LogP contribution in [0.5, 0.6) is 5.75 Å². The summed E-state index contributed by atoms with van der Waals surface area (Å²) in [6.07, 6.45) is 5.51. The second-order valence-electron chi connectivity index (χ2n) is 12.3. The van der Waals surface area contributed by atoms with Gasteiger partial charge in [0.1, 0.15) is 29.3 Å². The van der Waals surface area contributed by atoms with Crippen LogP contribution in [0.25, 0.3) is 11.3 Å². The van der Waals surface area contributed by atoms with E-state index in [1.807, 2.05) is 36.8 Å². The van der Waals surface area contributed by atoms with E-state index in [9.17, 15) is 8.78 Å². The molecule has 42 heavy (non-hydrogen) atoms. The number of aromatic nitrogens is 2. The van der Waals surface area contributed by atoms with Crippen LogP contribution in [0.4, 0.5) is 8.78 Å². The van der Waals surface area contributed by atoms with Crippen molar-refractivity contribution < 1.29 is 13.5 Å². The Hall–Kier alpha value is -3.68. The average molecular weight is 586 g/mol. The third kappa shape index (κ3) is 5.94. The quantitative estimate of drug-likeness (QED) is 0.260. The monoisotopic (exact) mass is 585 g/mol. The van der Waals surface area contributed by atoms with Gasteiger partial charge in [-0.25, -0.2) is 18.7 Å². The molecule has 0 aliphatic carbocycles. The van der Waals surface area contributed by atoms with Crippen LogP contribution in [0, 0.1) is 18.1 Å². The Balaban J connectivity index is 1.30. The smallest absolute Gasteiger partial charge is 0.137 e. The number of ether oxygens (including phenoxy) is 1. The van der Waals surface area contributed by atoms with Crippen LogP contribution in [-0.4, -0.2) is 32.9 Å². The number of aliphatic imine (C=N–C) groups is 1. The third-order valence-corrected chi connectivity index (χ3v) is 7.83. The van der Waals surface area contributed by atoms with Gasteiger partial charge < -0.3 is 10.1 Å². The zero-order chi connectivity index (χ0) is 29.6. The molecule has 1 N–H and O–H groups in total. The van der Waals surface area contributed by atoms with Gasteiger partial charge in [0.25, 0.3) is 0 Å². The fraction of sp³-hybridized carbons (Fsp3) is 0.294. The van der Waals surface area contributed by atoms with Crippen molar-refractivity contribution >= 4 is 17.3 Å². The molecule has 5 nitrogen and oxygen atoms in total. The number of benzene rings is 3. The maximum Gasteiger partial charge on any atom is 0.137 e. The third-order valence-electron chi connectivity index (χ3n) is 7.59. The van der Waals surface area contributed by atoms with Crippen molar-refractivity contribution in [3.63, 3.8) is 0 Å². The Morgan fingerprint density at radius 2 is 1.64 bits per heavy atom. The fourth-order valence-corrected chi connectivity index (χ4v) is 6.45. The van der Waals surface area contributed by atoms with Crippen LogP contribution in [0.3, 0.4) is 0 Å². The molecule has 4 aromatic rings. The Kier molecular flexibility index (Phi) is 7.36. The SMILES string of the molecule is CC1(C)CC(Oc2cccc([CH]c3ncc4c(n3)-c3ccc(Cl)cc3C(c3c(F)cccc3F)=NC4)c2)CC(C)(C)N1. The highest BCUT2D eigenvalue weighted by molar-refractivity contribution is 6.31. The van der Waals surface area contributed by atoms with Gasteiger partial charge in [-0.1, -0.05) is 35.9 Å². The molecule has 3 aromatic carbocycles. The Morgan fingerprint density at radius 3 is 2.38 bits per heavy atom. The number of hydrogen-bond donors (Lipinski definition) is 1. The molecule has 1 radical (unpaired) electrons. The lowest BCUT2D eigenvalue weighted by molar-refractivity contribution is 0.0559. The van der Waals surface area contributed by atoms with E-state index in [1.54, 1.807) is 18.3 Å². The minimum Gasteiger partial charge on any atom is -0.490 e. The van der Waals surface area contributed by atoms with Crippen LogP contribution in [0.2, 0.25) is 5.02 Å². The zero-order valence-electron chi connectivity index (χ0n) is 24.0. The van der Waals surface area contributed by atoms with Gasteiger partial charge in [-0.3, -0.25) is 4.99 Å². The molecule has 2 aliphatic rings. The maximum atomic E-state index is 14.9. The van der Waals surface area contributed by atoms with Gasteiger partial charge in [0.15, 0.2) is 0 Å². The van der Waals surface area contributed by atoms with E-state index < -0.39 is 11.6 Å². The standard InChI is InChI=1S/C34H32ClF2N4O/c1-33(2)16-24(17-34(3,4)41-33)42-23-8-5-7-20(13-23)14-29-38-18-21-19-39-32(30-27(36)9-6-10-28(30)37)26-15-22(35)11-12-25(26)31(21)40-29/h5-15,18,24,41H,16-17,19H2,1-4H3. The summed E-state index contributed by atoms with van der Waals surface area (Å²) < 4.78 is 36.2. The summed E-state index contributed by atoms with van der Waals surface area (Å²) in [6, 6.07) is 16.9. The van der Waals surface area contributed by atoms with Crippen molar-refractivity contribution in [1.29, 1.82) is 0 Å². The first kappa shape index (κ1) is 28.4. The van der Waals surface area contributed by atoms with Crippen molar-refractivity contribution in [2.75, 3.05) is 0 Å². The van der Waals surface area contributed by atoms with Gasteiger partial charge in [0.05, 0.1) is 29.9 Å². The second-order valence-corrected chi connectivity index (χ2v) is 12.7. The van der Waals surface area contributed by atoms with Gasteiger partial charge in [-0.2, -0.15) is 0 Å². The van der Waals surface area contributed by atoms with Crippen molar-refractivity contribution in [3.05, 3.63) is 118 Å². The number of fused-ring (bicyclic) bond motifs is 3. The van der Waals surface area contributed by atoms with E-state index in [0.29, 0.717) is 27.7 Å².